The van der Waals surface area contributed by atoms with Crippen LogP contribution in [0.25, 0.3) is 22.2 Å². The van der Waals surface area contributed by atoms with E-state index in [1.165, 1.54) is 0 Å². The van der Waals surface area contributed by atoms with Gasteiger partial charge in [-0.3, -0.25) is 4.79 Å². The molecule has 9 heteroatoms. The molecule has 1 unspecified atom stereocenters. The molecule has 5 rings (SSSR count). The fraction of sp³-hybridized carbons (Fsp3) is 0.370. The van der Waals surface area contributed by atoms with Gasteiger partial charge >= 0.3 is 5.97 Å². The lowest BCUT2D eigenvalue weighted by molar-refractivity contribution is -0.139. The largest absolute Gasteiger partial charge is 0.452 e. The van der Waals surface area contributed by atoms with Gasteiger partial charge in [0, 0.05) is 28.1 Å². The van der Waals surface area contributed by atoms with Crippen LogP contribution >= 0.6 is 11.6 Å². The minimum Gasteiger partial charge on any atom is -0.452 e. The number of benzene rings is 2. The second-order valence-electron chi connectivity index (χ2n) is 9.45. The average Bonchev–Trinajstić information content (AvgIpc) is 3.52. The average molecular weight is 527 g/mol. The molecule has 1 saturated heterocycles. The molecule has 2 aromatic carbocycles. The molecule has 0 bridgehead atoms. The monoisotopic (exact) mass is 526 g/mol. The Kier molecular flexibility index (Phi) is 6.99. The molecule has 2 aliphatic rings. The van der Waals surface area contributed by atoms with Crippen LogP contribution < -0.4 is 0 Å². The molecule has 36 heavy (non-hydrogen) atoms. The molecule has 0 N–H and O–H groups in total. The summed E-state index contributed by atoms with van der Waals surface area (Å²) in [5.41, 5.74) is 2.33. The summed E-state index contributed by atoms with van der Waals surface area (Å²) in [4.78, 5) is 32.9. The quantitative estimate of drug-likeness (QED) is 0.433. The van der Waals surface area contributed by atoms with Crippen LogP contribution in [0.1, 0.15) is 42.5 Å². The Bertz CT molecular complexity index is 1400. The summed E-state index contributed by atoms with van der Waals surface area (Å²) in [5, 5.41) is 1.22. The number of rotatable bonds is 6. The lowest BCUT2D eigenvalue weighted by Gasteiger charge is -2.33. The number of ether oxygens (including phenoxy) is 1. The fourth-order valence-corrected chi connectivity index (χ4v) is 7.11. The van der Waals surface area contributed by atoms with E-state index in [0.717, 1.165) is 31.2 Å². The van der Waals surface area contributed by atoms with Crippen LogP contribution in [0.15, 0.2) is 54.6 Å². The Labute approximate surface area is 215 Å². The van der Waals surface area contributed by atoms with Crippen molar-refractivity contribution >= 4 is 44.2 Å². The lowest BCUT2D eigenvalue weighted by atomic mass is 10.0. The Morgan fingerprint density at radius 2 is 1.72 bits per heavy atom. The standard InChI is InChI=1S/C27H27ClN2O5S/c28-19-11-9-18(10-12-19)25-15-23(22-7-3-4-8-24(22)29-25)27(32)35-16-26(31)30(20-5-1-2-6-20)21-13-14-36(33,34)17-21/h3-4,7-12,15,20-21H,1-2,5-6,13-14,16-17H2. The van der Waals surface area contributed by atoms with E-state index in [2.05, 4.69) is 4.98 Å². The van der Waals surface area contributed by atoms with Crippen molar-refractivity contribution in [3.8, 4) is 11.3 Å². The Hall–Kier alpha value is -2.97. The molecule has 1 aliphatic heterocycles. The summed E-state index contributed by atoms with van der Waals surface area (Å²) in [5.74, 6) is -0.899. The molecule has 188 valence electrons. The first kappa shape index (κ1) is 24.7. The molecule has 2 heterocycles. The third-order valence-electron chi connectivity index (χ3n) is 7.01. The molecular weight excluding hydrogens is 500 g/mol. The number of aromatic nitrogens is 1. The van der Waals surface area contributed by atoms with Crippen LogP contribution in [0.2, 0.25) is 5.02 Å². The van der Waals surface area contributed by atoms with E-state index < -0.39 is 22.4 Å². The molecular formula is C27H27ClN2O5S. The van der Waals surface area contributed by atoms with Gasteiger partial charge in [0.25, 0.3) is 5.91 Å². The number of halogens is 1. The summed E-state index contributed by atoms with van der Waals surface area (Å²) in [7, 11) is -3.15. The second-order valence-corrected chi connectivity index (χ2v) is 12.1. The van der Waals surface area contributed by atoms with Crippen molar-refractivity contribution in [1.29, 1.82) is 0 Å². The van der Waals surface area contributed by atoms with Gasteiger partial charge in [0.15, 0.2) is 16.4 Å². The van der Waals surface area contributed by atoms with Gasteiger partial charge in [-0.2, -0.15) is 0 Å². The summed E-state index contributed by atoms with van der Waals surface area (Å²) >= 11 is 6.02. The zero-order valence-corrected chi connectivity index (χ0v) is 21.3. The third kappa shape index (κ3) is 5.25. The topological polar surface area (TPSA) is 93.6 Å². The van der Waals surface area contributed by atoms with Gasteiger partial charge in [-0.25, -0.2) is 18.2 Å². The van der Waals surface area contributed by atoms with E-state index >= 15 is 0 Å². The maximum atomic E-state index is 13.3. The number of hydrogen-bond donors (Lipinski definition) is 0. The van der Waals surface area contributed by atoms with Crippen molar-refractivity contribution in [2.45, 2.75) is 44.2 Å². The number of pyridine rings is 1. The molecule has 1 amide bonds. The summed E-state index contributed by atoms with van der Waals surface area (Å²) in [6.45, 7) is -0.432. The number of fused-ring (bicyclic) bond motifs is 1. The van der Waals surface area contributed by atoms with Gasteiger partial charge in [-0.05, 0) is 43.5 Å². The first-order valence-electron chi connectivity index (χ1n) is 12.2. The molecule has 2 fully saturated rings. The van der Waals surface area contributed by atoms with E-state index in [-0.39, 0.29) is 29.5 Å². The maximum absolute atomic E-state index is 13.3. The first-order chi connectivity index (χ1) is 17.3. The van der Waals surface area contributed by atoms with Crippen LogP contribution in [0.3, 0.4) is 0 Å². The first-order valence-corrected chi connectivity index (χ1v) is 14.3. The highest BCUT2D eigenvalue weighted by molar-refractivity contribution is 7.91. The fourth-order valence-electron chi connectivity index (χ4n) is 5.28. The van der Waals surface area contributed by atoms with Gasteiger partial charge in [0.1, 0.15) is 0 Å². The number of nitrogens with zero attached hydrogens (tertiary/aromatic N) is 2. The van der Waals surface area contributed by atoms with Gasteiger partial charge in [-0.1, -0.05) is 54.8 Å². The van der Waals surface area contributed by atoms with E-state index in [4.69, 9.17) is 16.3 Å². The molecule has 1 aliphatic carbocycles. The molecule has 1 aromatic heterocycles. The summed E-state index contributed by atoms with van der Waals surface area (Å²) in [6, 6.07) is 15.7. The summed E-state index contributed by atoms with van der Waals surface area (Å²) in [6.07, 6.45) is 4.12. The van der Waals surface area contributed by atoms with Crippen molar-refractivity contribution in [3.05, 3.63) is 65.2 Å². The summed E-state index contributed by atoms with van der Waals surface area (Å²) < 4.78 is 29.7. The molecule has 3 aromatic rings. The van der Waals surface area contributed by atoms with E-state index in [0.29, 0.717) is 33.6 Å². The molecule has 1 saturated carbocycles. The Morgan fingerprint density at radius 3 is 2.42 bits per heavy atom. The SMILES string of the molecule is O=C(OCC(=O)N(C1CCCC1)C1CCS(=O)(=O)C1)c1cc(-c2ccc(Cl)cc2)nc2ccccc12. The molecule has 7 nitrogen and oxygen atoms in total. The minimum atomic E-state index is -3.15. The molecule has 0 radical (unpaired) electrons. The van der Waals surface area contributed by atoms with Crippen molar-refractivity contribution in [3.63, 3.8) is 0 Å². The number of carbonyl (C=O) groups excluding carboxylic acids is 2. The van der Waals surface area contributed by atoms with Gasteiger partial charge in [0.05, 0.1) is 28.3 Å². The number of amides is 1. The second kappa shape index (κ2) is 10.2. The van der Waals surface area contributed by atoms with Crippen LogP contribution in [-0.2, 0) is 19.4 Å². The minimum absolute atomic E-state index is 0.00670. The smallest absolute Gasteiger partial charge is 0.339 e. The van der Waals surface area contributed by atoms with Crippen molar-refractivity contribution < 1.29 is 22.7 Å². The molecule has 0 spiro atoms. The van der Waals surface area contributed by atoms with E-state index in [1.807, 2.05) is 30.3 Å². The number of para-hydroxylation sites is 1. The number of sulfone groups is 1. The van der Waals surface area contributed by atoms with Crippen molar-refractivity contribution in [1.82, 2.24) is 9.88 Å². The van der Waals surface area contributed by atoms with E-state index in [9.17, 15) is 18.0 Å². The Morgan fingerprint density at radius 1 is 1.00 bits per heavy atom. The number of carbonyl (C=O) groups is 2. The lowest BCUT2D eigenvalue weighted by Crippen LogP contribution is -2.48. The zero-order valence-electron chi connectivity index (χ0n) is 19.7. The Balaban J connectivity index is 1.38. The predicted octanol–water partition coefficient (Wildman–Crippen LogP) is 4.67. The van der Waals surface area contributed by atoms with Gasteiger partial charge in [-0.15, -0.1) is 0 Å². The van der Waals surface area contributed by atoms with E-state index in [1.54, 1.807) is 29.2 Å². The van der Waals surface area contributed by atoms with Crippen LogP contribution in [0.5, 0.6) is 0 Å². The third-order valence-corrected chi connectivity index (χ3v) is 9.01. The normalized spacial score (nSPS) is 19.4. The number of esters is 1. The van der Waals surface area contributed by atoms with Crippen LogP contribution in [-0.4, -0.2) is 60.4 Å². The number of hydrogen-bond acceptors (Lipinski definition) is 6. The predicted molar refractivity (Wildman–Crippen MR) is 139 cm³/mol. The highest BCUT2D eigenvalue weighted by Crippen LogP contribution is 2.30. The van der Waals surface area contributed by atoms with Crippen LogP contribution in [0, 0.1) is 0 Å². The van der Waals surface area contributed by atoms with Gasteiger partial charge in [0.2, 0.25) is 0 Å². The van der Waals surface area contributed by atoms with Gasteiger partial charge < -0.3 is 9.64 Å². The van der Waals surface area contributed by atoms with Crippen molar-refractivity contribution in [2.75, 3.05) is 18.1 Å². The zero-order chi connectivity index (χ0) is 25.3. The van der Waals surface area contributed by atoms with Crippen LogP contribution in [0.4, 0.5) is 0 Å². The van der Waals surface area contributed by atoms with Crippen molar-refractivity contribution in [2.24, 2.45) is 0 Å². The maximum Gasteiger partial charge on any atom is 0.339 e. The molecule has 1 atom stereocenters. The highest BCUT2D eigenvalue weighted by Gasteiger charge is 2.39. The highest BCUT2D eigenvalue weighted by atomic mass is 35.5.